The van der Waals surface area contributed by atoms with Gasteiger partial charge in [0.15, 0.2) is 0 Å². The lowest BCUT2D eigenvalue weighted by atomic mass is 10.4. The van der Waals surface area contributed by atoms with Crippen LogP contribution in [0.1, 0.15) is 5.56 Å². The summed E-state index contributed by atoms with van der Waals surface area (Å²) < 4.78 is 3.12. The molecule has 0 aliphatic rings. The normalized spacial score (nSPS) is 10.6. The number of tetrazole rings is 1. The van der Waals surface area contributed by atoms with E-state index in [1.165, 1.54) is 4.68 Å². The van der Waals surface area contributed by atoms with Crippen LogP contribution in [0, 0.1) is 0 Å². The van der Waals surface area contributed by atoms with Crippen LogP contribution in [0.5, 0.6) is 0 Å². The zero-order valence-electron chi connectivity index (χ0n) is 7.12. The molecule has 2 aromatic rings. The van der Waals surface area contributed by atoms with Crippen LogP contribution in [0.4, 0.5) is 0 Å². The molecule has 0 spiro atoms. The predicted octanol–water partition coefficient (Wildman–Crippen LogP) is -1.15. The number of nitrogens with two attached hydrogens (primary N) is 1. The van der Waals surface area contributed by atoms with Crippen molar-refractivity contribution < 1.29 is 0 Å². The van der Waals surface area contributed by atoms with Crippen molar-refractivity contribution in [3.05, 3.63) is 18.0 Å². The lowest BCUT2D eigenvalue weighted by molar-refractivity contribution is 0.671. The second kappa shape index (κ2) is 2.94. The Morgan fingerprint density at radius 1 is 1.54 bits per heavy atom. The monoisotopic (exact) mass is 179 g/mol. The Morgan fingerprint density at radius 2 is 2.38 bits per heavy atom. The zero-order valence-corrected chi connectivity index (χ0v) is 7.12. The molecule has 0 aliphatic carbocycles. The summed E-state index contributed by atoms with van der Waals surface area (Å²) >= 11 is 0. The quantitative estimate of drug-likeness (QED) is 0.629. The smallest absolute Gasteiger partial charge is 0.269 e. The highest BCUT2D eigenvalue weighted by Gasteiger charge is 2.05. The lowest BCUT2D eigenvalue weighted by Crippen LogP contribution is -2.04. The highest BCUT2D eigenvalue weighted by molar-refractivity contribution is 5.12. The first-order valence-corrected chi connectivity index (χ1v) is 3.77. The van der Waals surface area contributed by atoms with Crippen molar-refractivity contribution in [3.63, 3.8) is 0 Å². The van der Waals surface area contributed by atoms with E-state index in [1.807, 2.05) is 0 Å². The standard InChI is InChI=1S/C6H9N7/c1-12-6(9-10-11-12)13-4-5(2-7)3-8-13/h3-4H,2,7H2,1H3. The van der Waals surface area contributed by atoms with Crippen LogP contribution in [-0.4, -0.2) is 30.0 Å². The van der Waals surface area contributed by atoms with Crippen molar-refractivity contribution in [1.29, 1.82) is 0 Å². The Balaban J connectivity index is 2.41. The highest BCUT2D eigenvalue weighted by atomic mass is 15.6. The van der Waals surface area contributed by atoms with Crippen LogP contribution in [0.25, 0.3) is 5.95 Å². The summed E-state index contributed by atoms with van der Waals surface area (Å²) in [6.07, 6.45) is 3.49. The first kappa shape index (κ1) is 7.87. The van der Waals surface area contributed by atoms with Gasteiger partial charge in [0.25, 0.3) is 5.95 Å². The summed E-state index contributed by atoms with van der Waals surface area (Å²) in [5, 5.41) is 15.1. The van der Waals surface area contributed by atoms with E-state index < -0.39 is 0 Å². The van der Waals surface area contributed by atoms with Crippen molar-refractivity contribution in [3.8, 4) is 5.95 Å². The minimum atomic E-state index is 0.464. The van der Waals surface area contributed by atoms with E-state index in [0.717, 1.165) is 5.56 Å². The van der Waals surface area contributed by atoms with Crippen molar-refractivity contribution >= 4 is 0 Å². The van der Waals surface area contributed by atoms with Crippen LogP contribution in [0.2, 0.25) is 0 Å². The van der Waals surface area contributed by atoms with Crippen LogP contribution in [0.3, 0.4) is 0 Å². The number of hydrogen-bond donors (Lipinski definition) is 1. The molecule has 68 valence electrons. The van der Waals surface area contributed by atoms with Crippen LogP contribution in [0.15, 0.2) is 12.4 Å². The van der Waals surface area contributed by atoms with Gasteiger partial charge in [-0.15, -0.1) is 0 Å². The number of nitrogens with zero attached hydrogens (tertiary/aromatic N) is 6. The van der Waals surface area contributed by atoms with Gasteiger partial charge in [0.05, 0.1) is 6.20 Å². The van der Waals surface area contributed by atoms with Gasteiger partial charge in [-0.25, -0.2) is 9.36 Å². The Kier molecular flexibility index (Phi) is 1.78. The number of hydrogen-bond acceptors (Lipinski definition) is 5. The maximum atomic E-state index is 5.44. The second-order valence-electron chi connectivity index (χ2n) is 2.60. The maximum absolute atomic E-state index is 5.44. The SMILES string of the molecule is Cn1nnnc1-n1cc(CN)cn1. The molecule has 0 atom stereocenters. The van der Waals surface area contributed by atoms with Crippen LogP contribution >= 0.6 is 0 Å². The molecule has 0 saturated heterocycles. The Morgan fingerprint density at radius 3 is 2.92 bits per heavy atom. The summed E-state index contributed by atoms with van der Waals surface area (Å²) in [4.78, 5) is 0. The van der Waals surface area contributed by atoms with Crippen molar-refractivity contribution in [2.75, 3.05) is 0 Å². The molecule has 0 fully saturated rings. The lowest BCUT2D eigenvalue weighted by Gasteiger charge is -1.95. The molecule has 0 radical (unpaired) electrons. The molecular weight excluding hydrogens is 170 g/mol. The Hall–Kier alpha value is -1.76. The molecule has 2 aromatic heterocycles. The molecule has 2 rings (SSSR count). The molecule has 13 heavy (non-hydrogen) atoms. The third-order valence-electron chi connectivity index (χ3n) is 1.67. The van der Waals surface area contributed by atoms with Crippen molar-refractivity contribution in [2.24, 2.45) is 12.8 Å². The summed E-state index contributed by atoms with van der Waals surface area (Å²) in [6.45, 7) is 0.464. The summed E-state index contributed by atoms with van der Waals surface area (Å²) in [5.74, 6) is 0.569. The Labute approximate surface area is 74.1 Å². The molecule has 0 saturated carbocycles. The van der Waals surface area contributed by atoms with E-state index in [-0.39, 0.29) is 0 Å². The predicted molar refractivity (Wildman–Crippen MR) is 43.8 cm³/mol. The third-order valence-corrected chi connectivity index (χ3v) is 1.67. The Bertz CT molecular complexity index is 401. The fourth-order valence-electron chi connectivity index (χ4n) is 0.994. The van der Waals surface area contributed by atoms with Crippen LogP contribution in [-0.2, 0) is 13.6 Å². The molecule has 0 aliphatic heterocycles. The molecule has 0 bridgehead atoms. The second-order valence-corrected chi connectivity index (χ2v) is 2.60. The van der Waals surface area contributed by atoms with Gasteiger partial charge in [0, 0.05) is 25.4 Å². The highest BCUT2D eigenvalue weighted by Crippen LogP contribution is 2.01. The first-order valence-electron chi connectivity index (χ1n) is 3.77. The van der Waals surface area contributed by atoms with E-state index in [4.69, 9.17) is 5.73 Å². The van der Waals surface area contributed by atoms with Crippen molar-refractivity contribution in [2.45, 2.75) is 6.54 Å². The number of rotatable bonds is 2. The van der Waals surface area contributed by atoms with Gasteiger partial charge in [0.2, 0.25) is 0 Å². The van der Waals surface area contributed by atoms with Gasteiger partial charge in [-0.05, 0) is 10.4 Å². The number of aryl methyl sites for hydroxylation is 1. The van der Waals surface area contributed by atoms with E-state index in [1.54, 1.807) is 24.1 Å². The molecule has 0 amide bonds. The number of aromatic nitrogens is 6. The van der Waals surface area contributed by atoms with Gasteiger partial charge >= 0.3 is 0 Å². The maximum Gasteiger partial charge on any atom is 0.269 e. The topological polar surface area (TPSA) is 87.4 Å². The average Bonchev–Trinajstić information content (AvgIpc) is 2.71. The minimum absolute atomic E-state index is 0.464. The fraction of sp³-hybridized carbons (Fsp3) is 0.333. The molecule has 7 nitrogen and oxygen atoms in total. The summed E-state index contributed by atoms with van der Waals surface area (Å²) in [5.41, 5.74) is 6.39. The van der Waals surface area contributed by atoms with Gasteiger partial charge in [-0.1, -0.05) is 5.10 Å². The van der Waals surface area contributed by atoms with E-state index >= 15 is 0 Å². The summed E-state index contributed by atoms with van der Waals surface area (Å²) in [6, 6.07) is 0. The van der Waals surface area contributed by atoms with Gasteiger partial charge in [-0.2, -0.15) is 5.10 Å². The largest absolute Gasteiger partial charge is 0.326 e. The van der Waals surface area contributed by atoms with E-state index in [9.17, 15) is 0 Å². The molecule has 2 heterocycles. The van der Waals surface area contributed by atoms with Gasteiger partial charge < -0.3 is 5.73 Å². The zero-order chi connectivity index (χ0) is 9.26. The molecular formula is C6H9N7. The molecule has 0 unspecified atom stereocenters. The van der Waals surface area contributed by atoms with Gasteiger partial charge in [0.1, 0.15) is 0 Å². The fourth-order valence-corrected chi connectivity index (χ4v) is 0.994. The van der Waals surface area contributed by atoms with E-state index in [0.29, 0.717) is 12.5 Å². The van der Waals surface area contributed by atoms with Crippen LogP contribution < -0.4 is 5.73 Å². The molecule has 7 heteroatoms. The first-order chi connectivity index (χ1) is 6.31. The minimum Gasteiger partial charge on any atom is -0.326 e. The summed E-state index contributed by atoms with van der Waals surface area (Å²) in [7, 11) is 1.75. The van der Waals surface area contributed by atoms with E-state index in [2.05, 4.69) is 20.6 Å². The van der Waals surface area contributed by atoms with Crippen molar-refractivity contribution in [1.82, 2.24) is 30.0 Å². The van der Waals surface area contributed by atoms with Gasteiger partial charge in [-0.3, -0.25) is 0 Å². The molecule has 2 N–H and O–H groups in total. The average molecular weight is 179 g/mol. The molecule has 0 aromatic carbocycles. The third kappa shape index (κ3) is 1.29.